The van der Waals surface area contributed by atoms with Crippen LogP contribution < -0.4 is 5.32 Å². The first-order chi connectivity index (χ1) is 4.24. The Morgan fingerprint density at radius 3 is 1.89 bits per heavy atom. The summed E-state index contributed by atoms with van der Waals surface area (Å²) in [5.41, 5.74) is -0.0417. The smallest absolute Gasteiger partial charge is 0.0523 e. The summed E-state index contributed by atoms with van der Waals surface area (Å²) in [7, 11) is 1.90. The van der Waals surface area contributed by atoms with Gasteiger partial charge in [-0.25, -0.2) is 0 Å². The molecule has 0 aliphatic carbocycles. The molecular weight excluding hydrogens is 112 g/mol. The van der Waals surface area contributed by atoms with Crippen LogP contribution in [0.15, 0.2) is 0 Å². The molecule has 0 saturated heterocycles. The minimum absolute atomic E-state index is 0.0417. The summed E-state index contributed by atoms with van der Waals surface area (Å²) in [5.74, 6) is 0. The lowest BCUT2D eigenvalue weighted by Gasteiger charge is -2.25. The lowest BCUT2D eigenvalue weighted by atomic mass is 9.95. The molecule has 2 nitrogen and oxygen atoms in total. The highest BCUT2D eigenvalue weighted by molar-refractivity contribution is 5.66. The van der Waals surface area contributed by atoms with Gasteiger partial charge in [0, 0.05) is 6.21 Å². The van der Waals surface area contributed by atoms with Crippen molar-refractivity contribution in [1.82, 2.24) is 5.32 Å². The van der Waals surface area contributed by atoms with E-state index < -0.39 is 0 Å². The van der Waals surface area contributed by atoms with E-state index in [4.69, 9.17) is 5.41 Å². The van der Waals surface area contributed by atoms with E-state index >= 15 is 0 Å². The quantitative estimate of drug-likeness (QED) is 0.552. The minimum Gasteiger partial charge on any atom is -0.311 e. The van der Waals surface area contributed by atoms with Gasteiger partial charge in [0.2, 0.25) is 0 Å². The zero-order chi connectivity index (χ0) is 7.33. The molecule has 0 saturated carbocycles. The van der Waals surface area contributed by atoms with Crippen LogP contribution in [0.5, 0.6) is 0 Å². The van der Waals surface area contributed by atoms with Crippen molar-refractivity contribution in [1.29, 1.82) is 5.41 Å². The van der Waals surface area contributed by atoms with Gasteiger partial charge in [0.05, 0.1) is 5.54 Å². The molecule has 0 rings (SSSR count). The van der Waals surface area contributed by atoms with Gasteiger partial charge in [-0.1, -0.05) is 13.8 Å². The molecule has 0 aliphatic heterocycles. The maximum Gasteiger partial charge on any atom is 0.0523 e. The number of hydrogen-bond acceptors (Lipinski definition) is 2. The fourth-order valence-electron chi connectivity index (χ4n) is 0.880. The predicted octanol–water partition coefficient (Wildman–Crippen LogP) is 1.41. The largest absolute Gasteiger partial charge is 0.311 e. The molecule has 9 heavy (non-hydrogen) atoms. The molecule has 0 spiro atoms. The molecule has 0 amide bonds. The molecule has 54 valence electrons. The van der Waals surface area contributed by atoms with Crippen molar-refractivity contribution < 1.29 is 0 Å². The third-order valence-corrected chi connectivity index (χ3v) is 2.04. The van der Waals surface area contributed by atoms with Crippen molar-refractivity contribution >= 4 is 6.21 Å². The van der Waals surface area contributed by atoms with Gasteiger partial charge in [-0.3, -0.25) is 0 Å². The Hall–Kier alpha value is -0.370. The van der Waals surface area contributed by atoms with Crippen LogP contribution in [0.1, 0.15) is 26.7 Å². The molecule has 0 radical (unpaired) electrons. The van der Waals surface area contributed by atoms with Crippen molar-refractivity contribution in [2.45, 2.75) is 32.2 Å². The van der Waals surface area contributed by atoms with Crippen molar-refractivity contribution in [3.8, 4) is 0 Å². The molecular formula is C7H16N2. The second-order valence-corrected chi connectivity index (χ2v) is 2.26. The molecule has 0 unspecified atom stereocenters. The first-order valence-corrected chi connectivity index (χ1v) is 3.45. The van der Waals surface area contributed by atoms with E-state index in [1.54, 1.807) is 0 Å². The molecule has 0 aromatic heterocycles. The van der Waals surface area contributed by atoms with Crippen molar-refractivity contribution in [3.63, 3.8) is 0 Å². The van der Waals surface area contributed by atoms with Gasteiger partial charge >= 0.3 is 0 Å². The van der Waals surface area contributed by atoms with Gasteiger partial charge in [0.25, 0.3) is 0 Å². The first-order valence-electron chi connectivity index (χ1n) is 3.45. The minimum atomic E-state index is -0.0417. The molecule has 0 bridgehead atoms. The Bertz CT molecular complexity index is 76.7. The monoisotopic (exact) mass is 128 g/mol. The number of hydrogen-bond donors (Lipinski definition) is 2. The van der Waals surface area contributed by atoms with Crippen LogP contribution in [0.2, 0.25) is 0 Å². The van der Waals surface area contributed by atoms with Gasteiger partial charge in [-0.15, -0.1) is 0 Å². The highest BCUT2D eigenvalue weighted by Gasteiger charge is 2.19. The summed E-state index contributed by atoms with van der Waals surface area (Å²) < 4.78 is 0. The fourth-order valence-corrected chi connectivity index (χ4v) is 0.880. The maximum atomic E-state index is 7.12. The fraction of sp³-hybridized carbons (Fsp3) is 0.857. The van der Waals surface area contributed by atoms with E-state index in [2.05, 4.69) is 19.2 Å². The summed E-state index contributed by atoms with van der Waals surface area (Å²) >= 11 is 0. The van der Waals surface area contributed by atoms with Crippen LogP contribution in [-0.4, -0.2) is 18.8 Å². The van der Waals surface area contributed by atoms with E-state index in [0.29, 0.717) is 0 Å². The SMILES string of the molecule is CCC(C=N)(CC)NC. The summed E-state index contributed by atoms with van der Waals surface area (Å²) in [6.45, 7) is 4.18. The average Bonchev–Trinajstić information content (AvgIpc) is 1.95. The normalized spacial score (nSPS) is 11.4. The summed E-state index contributed by atoms with van der Waals surface area (Å²) in [5, 5.41) is 10.2. The summed E-state index contributed by atoms with van der Waals surface area (Å²) in [6.07, 6.45) is 3.47. The zero-order valence-electron chi connectivity index (χ0n) is 6.49. The molecule has 0 atom stereocenters. The van der Waals surface area contributed by atoms with Crippen LogP contribution >= 0.6 is 0 Å². The molecule has 0 fully saturated rings. The van der Waals surface area contributed by atoms with E-state index in [-0.39, 0.29) is 5.54 Å². The lowest BCUT2D eigenvalue weighted by molar-refractivity contribution is 0.447. The van der Waals surface area contributed by atoms with E-state index in [1.165, 1.54) is 6.21 Å². The molecule has 2 N–H and O–H groups in total. The highest BCUT2D eigenvalue weighted by Crippen LogP contribution is 2.09. The topological polar surface area (TPSA) is 35.9 Å². The first kappa shape index (κ1) is 8.63. The van der Waals surface area contributed by atoms with E-state index in [9.17, 15) is 0 Å². The van der Waals surface area contributed by atoms with Crippen molar-refractivity contribution in [3.05, 3.63) is 0 Å². The highest BCUT2D eigenvalue weighted by atomic mass is 14.9. The number of rotatable bonds is 4. The molecule has 0 aromatic carbocycles. The van der Waals surface area contributed by atoms with Crippen LogP contribution in [0.25, 0.3) is 0 Å². The zero-order valence-corrected chi connectivity index (χ0v) is 6.49. The third-order valence-electron chi connectivity index (χ3n) is 2.04. The van der Waals surface area contributed by atoms with Crippen molar-refractivity contribution in [2.24, 2.45) is 0 Å². The molecule has 0 aromatic rings. The lowest BCUT2D eigenvalue weighted by Crippen LogP contribution is -2.42. The predicted molar refractivity (Wildman–Crippen MR) is 41.2 cm³/mol. The van der Waals surface area contributed by atoms with Crippen LogP contribution in [0.3, 0.4) is 0 Å². The van der Waals surface area contributed by atoms with Crippen molar-refractivity contribution in [2.75, 3.05) is 7.05 Å². The molecule has 0 aliphatic rings. The van der Waals surface area contributed by atoms with Gasteiger partial charge in [-0.05, 0) is 19.9 Å². The second-order valence-electron chi connectivity index (χ2n) is 2.26. The van der Waals surface area contributed by atoms with E-state index in [1.807, 2.05) is 7.05 Å². The summed E-state index contributed by atoms with van der Waals surface area (Å²) in [4.78, 5) is 0. The third kappa shape index (κ3) is 1.79. The Balaban J connectivity index is 3.98. The molecule has 0 heterocycles. The standard InChI is InChI=1S/C7H16N2/c1-4-7(5-2,6-8)9-3/h6,8-9H,4-5H2,1-3H3. The Morgan fingerprint density at radius 1 is 1.44 bits per heavy atom. The average molecular weight is 128 g/mol. The van der Waals surface area contributed by atoms with Crippen LogP contribution in [0, 0.1) is 5.41 Å². The molecule has 2 heteroatoms. The summed E-state index contributed by atoms with van der Waals surface area (Å²) in [6, 6.07) is 0. The Labute approximate surface area is 57.2 Å². The second kappa shape index (κ2) is 3.62. The Kier molecular flexibility index (Phi) is 3.47. The van der Waals surface area contributed by atoms with E-state index in [0.717, 1.165) is 12.8 Å². The number of nitrogens with one attached hydrogen (secondary N) is 2. The van der Waals surface area contributed by atoms with Crippen LogP contribution in [0.4, 0.5) is 0 Å². The van der Waals surface area contributed by atoms with Gasteiger partial charge in [0.15, 0.2) is 0 Å². The Morgan fingerprint density at radius 2 is 1.89 bits per heavy atom. The van der Waals surface area contributed by atoms with Crippen LogP contribution in [-0.2, 0) is 0 Å². The maximum absolute atomic E-state index is 7.12. The van der Waals surface area contributed by atoms with Gasteiger partial charge < -0.3 is 10.7 Å². The van der Waals surface area contributed by atoms with Gasteiger partial charge in [-0.2, -0.15) is 0 Å². The van der Waals surface area contributed by atoms with Gasteiger partial charge in [0.1, 0.15) is 0 Å².